The Bertz CT molecular complexity index is 1150. The van der Waals surface area contributed by atoms with E-state index in [1.807, 2.05) is 29.2 Å². The lowest BCUT2D eigenvalue weighted by molar-refractivity contribution is -0.126. The third-order valence-corrected chi connectivity index (χ3v) is 6.56. The van der Waals surface area contributed by atoms with Crippen molar-refractivity contribution in [3.8, 4) is 11.5 Å². The van der Waals surface area contributed by atoms with Gasteiger partial charge in [-0.05, 0) is 54.8 Å². The second kappa shape index (κ2) is 7.65. The molecule has 0 saturated carbocycles. The number of piperazine rings is 1. The van der Waals surface area contributed by atoms with Crippen LogP contribution in [0.25, 0.3) is 16.3 Å². The highest BCUT2D eigenvalue weighted by Gasteiger charge is 2.22. The van der Waals surface area contributed by atoms with E-state index in [0.717, 1.165) is 40.8 Å². The van der Waals surface area contributed by atoms with Crippen molar-refractivity contribution in [1.82, 2.24) is 9.88 Å². The fourth-order valence-electron chi connectivity index (χ4n) is 3.90. The van der Waals surface area contributed by atoms with Crippen LogP contribution in [0.4, 0.5) is 5.13 Å². The Morgan fingerprint density at radius 1 is 1.07 bits per heavy atom. The van der Waals surface area contributed by atoms with Crippen LogP contribution in [-0.2, 0) is 4.79 Å². The summed E-state index contributed by atoms with van der Waals surface area (Å²) >= 11 is 1.73. The van der Waals surface area contributed by atoms with Crippen molar-refractivity contribution in [1.29, 1.82) is 0 Å². The summed E-state index contributed by atoms with van der Waals surface area (Å²) in [5.74, 6) is 1.50. The predicted molar refractivity (Wildman–Crippen MR) is 119 cm³/mol. The van der Waals surface area contributed by atoms with E-state index in [1.165, 1.54) is 15.8 Å². The minimum Gasteiger partial charge on any atom is -0.454 e. The van der Waals surface area contributed by atoms with Crippen molar-refractivity contribution in [2.45, 2.75) is 13.8 Å². The molecule has 2 aliphatic heterocycles. The van der Waals surface area contributed by atoms with Crippen LogP contribution in [-0.4, -0.2) is 48.8 Å². The molecule has 2 aliphatic rings. The summed E-state index contributed by atoms with van der Waals surface area (Å²) in [4.78, 5) is 21.7. The van der Waals surface area contributed by atoms with E-state index >= 15 is 0 Å². The lowest BCUT2D eigenvalue weighted by Gasteiger charge is -2.34. The number of thiazole rings is 1. The maximum atomic E-state index is 12.6. The van der Waals surface area contributed by atoms with E-state index in [-0.39, 0.29) is 12.7 Å². The largest absolute Gasteiger partial charge is 0.454 e. The summed E-state index contributed by atoms with van der Waals surface area (Å²) < 4.78 is 11.9. The van der Waals surface area contributed by atoms with E-state index in [4.69, 9.17) is 14.5 Å². The minimum atomic E-state index is 0.0306. The highest BCUT2D eigenvalue weighted by atomic mass is 32.1. The summed E-state index contributed by atoms with van der Waals surface area (Å²) in [7, 11) is 0. The second-order valence-corrected chi connectivity index (χ2v) is 8.69. The number of hydrogen-bond donors (Lipinski definition) is 0. The average molecular weight is 422 g/mol. The maximum absolute atomic E-state index is 12.6. The quantitative estimate of drug-likeness (QED) is 0.599. The summed E-state index contributed by atoms with van der Waals surface area (Å²) in [5.41, 5.74) is 4.49. The molecule has 154 valence electrons. The Morgan fingerprint density at radius 3 is 2.70 bits per heavy atom. The first kappa shape index (κ1) is 18.9. The summed E-state index contributed by atoms with van der Waals surface area (Å²) in [5, 5.41) is 1.04. The number of benzene rings is 2. The molecule has 0 unspecified atom stereocenters. The third-order valence-electron chi connectivity index (χ3n) is 5.50. The Hall–Kier alpha value is -3.06. The average Bonchev–Trinajstić information content (AvgIpc) is 3.38. The molecular formula is C23H23N3O3S. The lowest BCUT2D eigenvalue weighted by Crippen LogP contribution is -2.48. The summed E-state index contributed by atoms with van der Waals surface area (Å²) in [6, 6.07) is 10.1. The molecular weight excluding hydrogens is 398 g/mol. The summed E-state index contributed by atoms with van der Waals surface area (Å²) in [6.07, 6.45) is 3.46. The molecule has 0 bridgehead atoms. The molecule has 5 rings (SSSR count). The van der Waals surface area contributed by atoms with Crippen LogP contribution in [0.1, 0.15) is 16.7 Å². The molecule has 1 amide bonds. The van der Waals surface area contributed by atoms with Gasteiger partial charge in [0.05, 0.1) is 10.2 Å². The number of hydrogen-bond acceptors (Lipinski definition) is 6. The molecule has 0 atom stereocenters. The van der Waals surface area contributed by atoms with Crippen LogP contribution in [0.5, 0.6) is 11.5 Å². The maximum Gasteiger partial charge on any atom is 0.246 e. The molecule has 0 aliphatic carbocycles. The van der Waals surface area contributed by atoms with Crippen molar-refractivity contribution in [3.63, 3.8) is 0 Å². The molecule has 3 heterocycles. The van der Waals surface area contributed by atoms with Gasteiger partial charge in [0.15, 0.2) is 16.6 Å². The first-order valence-electron chi connectivity index (χ1n) is 10.1. The molecule has 7 heteroatoms. The lowest BCUT2D eigenvalue weighted by atomic mass is 10.1. The molecule has 1 saturated heterocycles. The number of fused-ring (bicyclic) bond motifs is 2. The van der Waals surface area contributed by atoms with Crippen LogP contribution in [0.3, 0.4) is 0 Å². The van der Waals surface area contributed by atoms with Crippen molar-refractivity contribution in [2.24, 2.45) is 0 Å². The number of amides is 1. The number of nitrogens with zero attached hydrogens (tertiary/aromatic N) is 3. The van der Waals surface area contributed by atoms with Gasteiger partial charge in [0.25, 0.3) is 0 Å². The van der Waals surface area contributed by atoms with Gasteiger partial charge >= 0.3 is 0 Å². The highest BCUT2D eigenvalue weighted by Crippen LogP contribution is 2.33. The molecule has 1 aromatic heterocycles. The molecule has 0 radical (unpaired) electrons. The van der Waals surface area contributed by atoms with E-state index in [9.17, 15) is 4.79 Å². The van der Waals surface area contributed by atoms with Gasteiger partial charge in [-0.2, -0.15) is 0 Å². The zero-order valence-corrected chi connectivity index (χ0v) is 17.9. The fourth-order valence-corrected chi connectivity index (χ4v) is 5.10. The van der Waals surface area contributed by atoms with Gasteiger partial charge in [0.2, 0.25) is 12.7 Å². The van der Waals surface area contributed by atoms with Crippen molar-refractivity contribution in [2.75, 3.05) is 37.9 Å². The third kappa shape index (κ3) is 3.61. The summed E-state index contributed by atoms with van der Waals surface area (Å²) in [6.45, 7) is 7.45. The van der Waals surface area contributed by atoms with Crippen molar-refractivity contribution in [3.05, 3.63) is 53.1 Å². The van der Waals surface area contributed by atoms with Crippen molar-refractivity contribution < 1.29 is 14.3 Å². The number of anilines is 1. The molecule has 1 fully saturated rings. The zero-order chi connectivity index (χ0) is 20.7. The van der Waals surface area contributed by atoms with E-state index in [0.29, 0.717) is 13.1 Å². The molecule has 0 N–H and O–H groups in total. The van der Waals surface area contributed by atoms with Crippen LogP contribution in [0, 0.1) is 13.8 Å². The van der Waals surface area contributed by atoms with Crippen LogP contribution in [0.15, 0.2) is 36.4 Å². The SMILES string of the molecule is Cc1cc(C)c2nc(N3CCN(C(=O)/C=C\c4ccc5c(c4)OCO5)CC3)sc2c1. The standard InChI is InChI=1S/C23H23N3O3S/c1-15-11-16(2)22-20(12-15)30-23(24-22)26-9-7-25(8-10-26)21(27)6-4-17-3-5-18-19(13-17)29-14-28-18/h3-6,11-13H,7-10,14H2,1-2H3/b6-4-. The molecule has 30 heavy (non-hydrogen) atoms. The van der Waals surface area contributed by atoms with Gasteiger partial charge in [0.1, 0.15) is 0 Å². The Labute approximate surface area is 179 Å². The van der Waals surface area contributed by atoms with E-state index in [1.54, 1.807) is 17.4 Å². The number of aryl methyl sites for hydroxylation is 2. The van der Waals surface area contributed by atoms with Gasteiger partial charge in [-0.3, -0.25) is 4.79 Å². The van der Waals surface area contributed by atoms with Gasteiger partial charge in [-0.1, -0.05) is 23.5 Å². The first-order valence-corrected chi connectivity index (χ1v) is 10.9. The number of rotatable bonds is 3. The van der Waals surface area contributed by atoms with Gasteiger partial charge in [0, 0.05) is 32.3 Å². The molecule has 0 spiro atoms. The van der Waals surface area contributed by atoms with E-state index < -0.39 is 0 Å². The van der Waals surface area contributed by atoms with Crippen LogP contribution >= 0.6 is 11.3 Å². The Balaban J connectivity index is 1.22. The molecule has 2 aromatic carbocycles. The second-order valence-electron chi connectivity index (χ2n) is 7.68. The molecule has 3 aromatic rings. The van der Waals surface area contributed by atoms with Crippen molar-refractivity contribution >= 4 is 38.7 Å². The Kier molecular flexibility index (Phi) is 4.83. The fraction of sp³-hybridized carbons (Fsp3) is 0.304. The van der Waals surface area contributed by atoms with Crippen LogP contribution in [0.2, 0.25) is 0 Å². The highest BCUT2D eigenvalue weighted by molar-refractivity contribution is 7.22. The van der Waals surface area contributed by atoms with Crippen LogP contribution < -0.4 is 14.4 Å². The smallest absolute Gasteiger partial charge is 0.246 e. The monoisotopic (exact) mass is 421 g/mol. The molecule has 6 nitrogen and oxygen atoms in total. The number of carbonyl (C=O) groups excluding carboxylic acids is 1. The normalized spacial score (nSPS) is 16.1. The van der Waals surface area contributed by atoms with Gasteiger partial charge in [-0.15, -0.1) is 0 Å². The zero-order valence-electron chi connectivity index (χ0n) is 17.1. The first-order chi connectivity index (χ1) is 14.6. The number of aromatic nitrogens is 1. The Morgan fingerprint density at radius 2 is 1.87 bits per heavy atom. The number of carbonyl (C=O) groups is 1. The number of ether oxygens (including phenoxy) is 2. The van der Waals surface area contributed by atoms with Gasteiger partial charge < -0.3 is 19.3 Å². The predicted octanol–water partition coefficient (Wildman–Crippen LogP) is 4.00. The topological polar surface area (TPSA) is 54.9 Å². The van der Waals surface area contributed by atoms with E-state index in [2.05, 4.69) is 30.9 Å². The van der Waals surface area contributed by atoms with Gasteiger partial charge in [-0.25, -0.2) is 4.98 Å². The minimum absolute atomic E-state index is 0.0306.